The van der Waals surface area contributed by atoms with E-state index in [0.29, 0.717) is 0 Å². The molecule has 0 aliphatic heterocycles. The summed E-state index contributed by atoms with van der Waals surface area (Å²) in [6.07, 6.45) is 0. The topological polar surface area (TPSA) is 0 Å². The van der Waals surface area contributed by atoms with E-state index in [4.69, 9.17) is 11.6 Å². The molecule has 0 saturated heterocycles. The lowest BCUT2D eigenvalue weighted by Gasteiger charge is -1.89. The van der Waals surface area contributed by atoms with Gasteiger partial charge in [0.25, 0.3) is 0 Å². The predicted molar refractivity (Wildman–Crippen MR) is 89.8 cm³/mol. The van der Waals surface area contributed by atoms with Crippen molar-refractivity contribution in [3.05, 3.63) is 68.9 Å². The highest BCUT2D eigenvalue weighted by Gasteiger charge is 2.03. The normalized spacial score (nSPS) is 10.1. The van der Waals surface area contributed by atoms with Crippen molar-refractivity contribution in [2.75, 3.05) is 0 Å². The minimum atomic E-state index is 0.738. The average Bonchev–Trinajstić information content (AvgIpc) is 3.07. The Labute approximate surface area is 131 Å². The summed E-state index contributed by atoms with van der Waals surface area (Å²) in [4.78, 5) is 5.01. The van der Waals surface area contributed by atoms with Crippen LogP contribution in [0.4, 0.5) is 0 Å². The summed E-state index contributed by atoms with van der Waals surface area (Å²) in [6, 6.07) is 16.1. The van der Waals surface area contributed by atoms with Crippen LogP contribution in [0, 0.1) is 18.8 Å². The molecule has 3 rings (SSSR count). The molecule has 0 bridgehead atoms. The molecule has 0 aliphatic carbocycles. The van der Waals surface area contributed by atoms with E-state index in [1.165, 1.54) is 14.6 Å². The Morgan fingerprint density at radius 3 is 2.20 bits per heavy atom. The Kier molecular flexibility index (Phi) is 3.93. The lowest BCUT2D eigenvalue weighted by Crippen LogP contribution is -1.72. The maximum atomic E-state index is 5.86. The average molecular weight is 315 g/mol. The smallest absolute Gasteiger partial charge is 0.0779 e. The van der Waals surface area contributed by atoms with Gasteiger partial charge in [-0.1, -0.05) is 23.4 Å². The summed E-state index contributed by atoms with van der Waals surface area (Å²) < 4.78 is 0. The van der Waals surface area contributed by atoms with Crippen LogP contribution in [0.15, 0.2) is 48.5 Å². The molecule has 0 unspecified atom stereocenters. The molecule has 20 heavy (non-hydrogen) atoms. The summed E-state index contributed by atoms with van der Waals surface area (Å²) >= 11 is 9.41. The standard InChI is InChI=1S/C17H11ClS2/c1-12-2-10-16(19-12)17-11-9-15(20-17)8-5-13-3-6-14(18)7-4-13/h2-4,6-7,9-11H,1H3. The molecule has 0 amide bonds. The molecule has 0 spiro atoms. The summed E-state index contributed by atoms with van der Waals surface area (Å²) in [5.74, 6) is 6.37. The molecule has 3 aromatic rings. The summed E-state index contributed by atoms with van der Waals surface area (Å²) in [5.41, 5.74) is 0.983. The third-order valence-electron chi connectivity index (χ3n) is 2.76. The van der Waals surface area contributed by atoms with E-state index in [0.717, 1.165) is 15.5 Å². The zero-order valence-corrected chi connectivity index (χ0v) is 13.2. The number of hydrogen-bond donors (Lipinski definition) is 0. The van der Waals surface area contributed by atoms with Crippen LogP contribution in [0.3, 0.4) is 0 Å². The quantitative estimate of drug-likeness (QED) is 0.495. The zero-order valence-electron chi connectivity index (χ0n) is 10.8. The van der Waals surface area contributed by atoms with Gasteiger partial charge in [-0.3, -0.25) is 0 Å². The van der Waals surface area contributed by atoms with Crippen LogP contribution in [0.25, 0.3) is 9.75 Å². The van der Waals surface area contributed by atoms with E-state index in [1.807, 2.05) is 35.6 Å². The second-order valence-electron chi connectivity index (χ2n) is 4.33. The molecule has 0 radical (unpaired) electrons. The molecule has 0 nitrogen and oxygen atoms in total. The van der Waals surface area contributed by atoms with Crippen molar-refractivity contribution in [3.8, 4) is 21.6 Å². The fourth-order valence-electron chi connectivity index (χ4n) is 1.77. The Morgan fingerprint density at radius 1 is 0.800 bits per heavy atom. The van der Waals surface area contributed by atoms with Gasteiger partial charge < -0.3 is 0 Å². The predicted octanol–water partition coefficient (Wildman–Crippen LogP) is 5.84. The molecule has 1 aromatic carbocycles. The maximum Gasteiger partial charge on any atom is 0.0779 e. The van der Waals surface area contributed by atoms with Crippen LogP contribution in [-0.4, -0.2) is 0 Å². The number of benzene rings is 1. The highest BCUT2D eigenvalue weighted by Crippen LogP contribution is 2.32. The first kappa shape index (κ1) is 13.5. The summed E-state index contributed by atoms with van der Waals surface area (Å²) in [5, 5.41) is 0.738. The van der Waals surface area contributed by atoms with Gasteiger partial charge in [0.2, 0.25) is 0 Å². The highest BCUT2D eigenvalue weighted by molar-refractivity contribution is 7.22. The Morgan fingerprint density at radius 2 is 1.50 bits per heavy atom. The Balaban J connectivity index is 1.83. The summed E-state index contributed by atoms with van der Waals surface area (Å²) in [6.45, 7) is 2.13. The lowest BCUT2D eigenvalue weighted by atomic mass is 10.2. The fraction of sp³-hybridized carbons (Fsp3) is 0.0588. The van der Waals surface area contributed by atoms with E-state index < -0.39 is 0 Å². The van der Waals surface area contributed by atoms with Crippen molar-refractivity contribution < 1.29 is 0 Å². The van der Waals surface area contributed by atoms with Crippen LogP contribution >= 0.6 is 34.3 Å². The first-order chi connectivity index (χ1) is 9.70. The van der Waals surface area contributed by atoms with Gasteiger partial charge in [0.05, 0.1) is 4.88 Å². The minimum Gasteiger partial charge on any atom is -0.140 e. The zero-order chi connectivity index (χ0) is 13.9. The molecule has 2 aromatic heterocycles. The number of halogens is 1. The molecule has 0 aliphatic rings. The van der Waals surface area contributed by atoms with Crippen LogP contribution in [-0.2, 0) is 0 Å². The number of rotatable bonds is 1. The molecule has 0 saturated carbocycles. The van der Waals surface area contributed by atoms with Crippen LogP contribution in [0.2, 0.25) is 5.02 Å². The molecule has 0 N–H and O–H groups in total. The highest BCUT2D eigenvalue weighted by atomic mass is 35.5. The van der Waals surface area contributed by atoms with E-state index >= 15 is 0 Å². The van der Waals surface area contributed by atoms with Gasteiger partial charge in [-0.25, -0.2) is 0 Å². The Hall–Kier alpha value is -1.53. The third-order valence-corrected chi connectivity index (χ3v) is 5.21. The second-order valence-corrected chi connectivity index (χ2v) is 7.14. The van der Waals surface area contributed by atoms with Gasteiger partial charge >= 0.3 is 0 Å². The van der Waals surface area contributed by atoms with Crippen molar-refractivity contribution >= 4 is 34.3 Å². The van der Waals surface area contributed by atoms with Crippen molar-refractivity contribution in [3.63, 3.8) is 0 Å². The van der Waals surface area contributed by atoms with Crippen LogP contribution < -0.4 is 0 Å². The van der Waals surface area contributed by atoms with Crippen molar-refractivity contribution in [1.82, 2.24) is 0 Å². The van der Waals surface area contributed by atoms with E-state index in [9.17, 15) is 0 Å². The van der Waals surface area contributed by atoms with Gasteiger partial charge in [0.15, 0.2) is 0 Å². The maximum absolute atomic E-state index is 5.86. The van der Waals surface area contributed by atoms with Gasteiger partial charge in [-0.05, 0) is 55.5 Å². The lowest BCUT2D eigenvalue weighted by molar-refractivity contribution is 1.64. The van der Waals surface area contributed by atoms with Gasteiger partial charge in [-0.15, -0.1) is 22.7 Å². The third kappa shape index (κ3) is 3.13. The monoisotopic (exact) mass is 314 g/mol. The SMILES string of the molecule is Cc1ccc(-c2ccc(C#Cc3ccc(Cl)cc3)s2)s1. The van der Waals surface area contributed by atoms with E-state index in [-0.39, 0.29) is 0 Å². The largest absolute Gasteiger partial charge is 0.140 e. The number of thiophene rings is 2. The molecular formula is C17H11ClS2. The van der Waals surface area contributed by atoms with Crippen molar-refractivity contribution in [1.29, 1.82) is 0 Å². The summed E-state index contributed by atoms with van der Waals surface area (Å²) in [7, 11) is 0. The minimum absolute atomic E-state index is 0.738. The molecule has 0 fully saturated rings. The van der Waals surface area contributed by atoms with Gasteiger partial charge in [0, 0.05) is 25.2 Å². The molecule has 98 valence electrons. The van der Waals surface area contributed by atoms with E-state index in [2.05, 4.69) is 43.0 Å². The molecule has 0 atom stereocenters. The molecular weight excluding hydrogens is 304 g/mol. The van der Waals surface area contributed by atoms with Crippen molar-refractivity contribution in [2.24, 2.45) is 0 Å². The van der Waals surface area contributed by atoms with Gasteiger partial charge in [-0.2, -0.15) is 0 Å². The first-order valence-corrected chi connectivity index (χ1v) is 8.16. The molecule has 2 heterocycles. The van der Waals surface area contributed by atoms with Crippen LogP contribution in [0.1, 0.15) is 15.3 Å². The Bertz CT molecular complexity index is 782. The van der Waals surface area contributed by atoms with Crippen molar-refractivity contribution in [2.45, 2.75) is 6.92 Å². The second kappa shape index (κ2) is 5.85. The molecule has 3 heteroatoms. The number of hydrogen-bond acceptors (Lipinski definition) is 2. The number of aryl methyl sites for hydroxylation is 1. The van der Waals surface area contributed by atoms with Crippen LogP contribution in [0.5, 0.6) is 0 Å². The first-order valence-electron chi connectivity index (χ1n) is 6.15. The van der Waals surface area contributed by atoms with Gasteiger partial charge in [0.1, 0.15) is 0 Å². The fourth-order valence-corrected chi connectivity index (χ4v) is 3.71. The van der Waals surface area contributed by atoms with E-state index in [1.54, 1.807) is 11.3 Å².